The van der Waals surface area contributed by atoms with Crippen LogP contribution in [0, 0.1) is 0 Å². The Morgan fingerprint density at radius 1 is 1.06 bits per heavy atom. The number of imidazole rings is 1. The minimum absolute atomic E-state index is 0.0435. The van der Waals surface area contributed by atoms with Crippen molar-refractivity contribution in [2.45, 2.75) is 57.6 Å². The van der Waals surface area contributed by atoms with Gasteiger partial charge in [-0.25, -0.2) is 4.98 Å². The maximum atomic E-state index is 12.0. The first-order valence-corrected chi connectivity index (χ1v) is 11.8. The Bertz CT molecular complexity index is 980. The number of hydrogen-bond donors (Lipinski definition) is 1. The van der Waals surface area contributed by atoms with Gasteiger partial charge in [0.15, 0.2) is 0 Å². The molecule has 1 aliphatic rings. The van der Waals surface area contributed by atoms with Crippen LogP contribution in [0.1, 0.15) is 44.3 Å². The van der Waals surface area contributed by atoms with Crippen LogP contribution < -0.4 is 10.1 Å². The summed E-state index contributed by atoms with van der Waals surface area (Å²) in [5.41, 5.74) is 2.24. The molecule has 1 fully saturated rings. The van der Waals surface area contributed by atoms with Crippen molar-refractivity contribution in [1.82, 2.24) is 14.9 Å². The minimum Gasteiger partial charge on any atom is -0.494 e. The number of fused-ring (bicyclic) bond motifs is 1. The highest BCUT2D eigenvalue weighted by Gasteiger charge is 2.22. The zero-order valence-electron chi connectivity index (χ0n) is 18.7. The molecule has 170 valence electrons. The number of carbonyl (C=O) groups excluding carboxylic acids is 1. The third-order valence-corrected chi connectivity index (χ3v) is 5.87. The van der Waals surface area contributed by atoms with E-state index in [0.717, 1.165) is 68.6 Å². The summed E-state index contributed by atoms with van der Waals surface area (Å²) in [7, 11) is 0. The number of aryl methyl sites for hydroxylation is 2. The fourth-order valence-corrected chi connectivity index (χ4v) is 4.19. The van der Waals surface area contributed by atoms with E-state index in [1.54, 1.807) is 0 Å². The van der Waals surface area contributed by atoms with Crippen molar-refractivity contribution in [3.8, 4) is 5.75 Å². The third kappa shape index (κ3) is 6.10. The van der Waals surface area contributed by atoms with Gasteiger partial charge in [0.25, 0.3) is 0 Å². The van der Waals surface area contributed by atoms with E-state index in [4.69, 9.17) is 14.5 Å². The normalized spacial score (nSPS) is 15.8. The fourth-order valence-electron chi connectivity index (χ4n) is 4.19. The number of nitrogens with zero attached hydrogens (tertiary/aromatic N) is 2. The summed E-state index contributed by atoms with van der Waals surface area (Å²) in [5.74, 6) is 2.09. The second-order valence-corrected chi connectivity index (χ2v) is 8.29. The van der Waals surface area contributed by atoms with Gasteiger partial charge in [-0.15, -0.1) is 0 Å². The van der Waals surface area contributed by atoms with Crippen molar-refractivity contribution in [3.05, 3.63) is 60.4 Å². The predicted octanol–water partition coefficient (Wildman–Crippen LogP) is 4.51. The van der Waals surface area contributed by atoms with Gasteiger partial charge in [-0.1, -0.05) is 36.8 Å². The predicted molar refractivity (Wildman–Crippen MR) is 126 cm³/mol. The molecule has 0 spiro atoms. The molecule has 2 heterocycles. The Balaban J connectivity index is 1.23. The quantitative estimate of drug-likeness (QED) is 0.425. The van der Waals surface area contributed by atoms with Gasteiger partial charge in [-0.05, 0) is 56.4 Å². The summed E-state index contributed by atoms with van der Waals surface area (Å²) < 4.78 is 13.6. The molecule has 4 rings (SSSR count). The number of amides is 1. The van der Waals surface area contributed by atoms with E-state index in [2.05, 4.69) is 28.1 Å². The number of unbranched alkanes of at least 4 members (excludes halogenated alkanes) is 2. The van der Waals surface area contributed by atoms with Crippen LogP contribution in [-0.4, -0.2) is 41.3 Å². The lowest BCUT2D eigenvalue weighted by atomic mass is 10.1. The molecule has 6 heteroatoms. The number of carbonyl (C=O) groups is 1. The lowest BCUT2D eigenvalue weighted by Crippen LogP contribution is -2.34. The summed E-state index contributed by atoms with van der Waals surface area (Å²) in [5, 5.41) is 3.01. The van der Waals surface area contributed by atoms with E-state index in [-0.39, 0.29) is 12.0 Å². The van der Waals surface area contributed by atoms with Gasteiger partial charge in [0.05, 0.1) is 17.6 Å². The summed E-state index contributed by atoms with van der Waals surface area (Å²) >= 11 is 0. The van der Waals surface area contributed by atoms with Crippen LogP contribution in [0.2, 0.25) is 0 Å². The number of ether oxygens (including phenoxy) is 2. The zero-order chi connectivity index (χ0) is 22.0. The summed E-state index contributed by atoms with van der Waals surface area (Å²) in [6.45, 7) is 2.99. The van der Waals surface area contributed by atoms with E-state index in [0.29, 0.717) is 19.8 Å². The van der Waals surface area contributed by atoms with Gasteiger partial charge in [0, 0.05) is 26.1 Å². The average Bonchev–Trinajstić information content (AvgIpc) is 3.48. The second kappa shape index (κ2) is 11.7. The standard InChI is InChI=1S/C26H33N3O3/c30-26(24-15-9-19-32-24)27-17-8-2-5-16-25-28-22-13-6-7-14-23(22)29(25)18-10-20-31-21-11-3-1-4-12-21/h1,3-4,6-7,11-14,24H,2,5,8-10,15-20H2,(H,27,30). The Morgan fingerprint density at radius 2 is 1.91 bits per heavy atom. The zero-order valence-corrected chi connectivity index (χ0v) is 18.7. The maximum absolute atomic E-state index is 12.0. The first-order valence-electron chi connectivity index (χ1n) is 11.8. The largest absolute Gasteiger partial charge is 0.494 e. The average molecular weight is 436 g/mol. The SMILES string of the molecule is O=C(NCCCCCc1nc2ccccc2n1CCCOc1ccccc1)C1CCCO1. The van der Waals surface area contributed by atoms with Crippen molar-refractivity contribution in [1.29, 1.82) is 0 Å². The Hall–Kier alpha value is -2.86. The maximum Gasteiger partial charge on any atom is 0.249 e. The molecule has 32 heavy (non-hydrogen) atoms. The molecule has 1 amide bonds. The van der Waals surface area contributed by atoms with Gasteiger partial charge in [0.2, 0.25) is 5.91 Å². The Morgan fingerprint density at radius 3 is 2.75 bits per heavy atom. The highest BCUT2D eigenvalue weighted by Crippen LogP contribution is 2.19. The van der Waals surface area contributed by atoms with Crippen molar-refractivity contribution in [2.75, 3.05) is 19.8 Å². The van der Waals surface area contributed by atoms with Gasteiger partial charge in [-0.2, -0.15) is 0 Å². The molecule has 1 saturated heterocycles. The number of aromatic nitrogens is 2. The van der Waals surface area contributed by atoms with Gasteiger partial charge in [0.1, 0.15) is 17.7 Å². The van der Waals surface area contributed by atoms with Crippen molar-refractivity contribution in [2.24, 2.45) is 0 Å². The third-order valence-electron chi connectivity index (χ3n) is 5.87. The van der Waals surface area contributed by atoms with Crippen LogP contribution in [0.25, 0.3) is 11.0 Å². The lowest BCUT2D eigenvalue weighted by molar-refractivity contribution is -0.130. The number of benzene rings is 2. The molecular formula is C26H33N3O3. The van der Waals surface area contributed by atoms with Crippen molar-refractivity contribution >= 4 is 16.9 Å². The highest BCUT2D eigenvalue weighted by atomic mass is 16.5. The van der Waals surface area contributed by atoms with Crippen LogP contribution in [0.5, 0.6) is 5.75 Å². The molecule has 6 nitrogen and oxygen atoms in total. The van der Waals surface area contributed by atoms with E-state index < -0.39 is 0 Å². The molecule has 1 aromatic heterocycles. The van der Waals surface area contributed by atoms with E-state index in [9.17, 15) is 4.79 Å². The monoisotopic (exact) mass is 435 g/mol. The first-order chi connectivity index (χ1) is 15.8. The van der Waals surface area contributed by atoms with Gasteiger partial charge in [-0.3, -0.25) is 4.79 Å². The minimum atomic E-state index is -0.235. The second-order valence-electron chi connectivity index (χ2n) is 8.29. The Kier molecular flexibility index (Phi) is 8.15. The Labute approximate surface area is 189 Å². The first kappa shape index (κ1) is 22.3. The summed E-state index contributed by atoms with van der Waals surface area (Å²) in [6.07, 6.45) is 6.55. The molecular weight excluding hydrogens is 402 g/mol. The van der Waals surface area contributed by atoms with Crippen LogP contribution >= 0.6 is 0 Å². The molecule has 0 bridgehead atoms. The van der Waals surface area contributed by atoms with Gasteiger partial charge < -0.3 is 19.4 Å². The molecule has 0 saturated carbocycles. The molecule has 1 N–H and O–H groups in total. The van der Waals surface area contributed by atoms with Crippen molar-refractivity contribution < 1.29 is 14.3 Å². The summed E-state index contributed by atoms with van der Waals surface area (Å²) in [4.78, 5) is 16.9. The van der Waals surface area contributed by atoms with Crippen LogP contribution in [0.4, 0.5) is 0 Å². The van der Waals surface area contributed by atoms with Crippen LogP contribution in [-0.2, 0) is 22.5 Å². The number of hydrogen-bond acceptors (Lipinski definition) is 4. The van der Waals surface area contributed by atoms with Crippen LogP contribution in [0.15, 0.2) is 54.6 Å². The summed E-state index contributed by atoms with van der Waals surface area (Å²) in [6, 6.07) is 18.3. The fraction of sp³-hybridized carbons (Fsp3) is 0.462. The molecule has 3 aromatic rings. The van der Waals surface area contributed by atoms with Gasteiger partial charge >= 0.3 is 0 Å². The molecule has 0 aliphatic carbocycles. The molecule has 2 aromatic carbocycles. The molecule has 1 atom stereocenters. The lowest BCUT2D eigenvalue weighted by Gasteiger charge is -2.11. The molecule has 0 radical (unpaired) electrons. The van der Waals surface area contributed by atoms with Crippen molar-refractivity contribution in [3.63, 3.8) is 0 Å². The van der Waals surface area contributed by atoms with E-state index in [1.807, 2.05) is 36.4 Å². The number of nitrogens with one attached hydrogen (secondary N) is 1. The molecule has 1 unspecified atom stereocenters. The number of para-hydroxylation sites is 3. The van der Waals surface area contributed by atoms with Crippen LogP contribution in [0.3, 0.4) is 0 Å². The van der Waals surface area contributed by atoms with E-state index in [1.165, 1.54) is 5.52 Å². The number of rotatable bonds is 12. The topological polar surface area (TPSA) is 65.4 Å². The molecule has 1 aliphatic heterocycles. The smallest absolute Gasteiger partial charge is 0.249 e. The van der Waals surface area contributed by atoms with E-state index >= 15 is 0 Å². The highest BCUT2D eigenvalue weighted by molar-refractivity contribution is 5.80.